The molecule has 0 heterocycles. The maximum absolute atomic E-state index is 13.3. The van der Waals surface area contributed by atoms with Crippen molar-refractivity contribution in [2.24, 2.45) is 0 Å². The Balaban J connectivity index is 1.97. The number of carbonyl (C=O) groups is 2. The molecule has 0 spiro atoms. The summed E-state index contributed by atoms with van der Waals surface area (Å²) in [5, 5.41) is 5.21. The molecule has 2 aromatic carbocycles. The number of urea groups is 1. The molecule has 40 heavy (non-hydrogen) atoms. The van der Waals surface area contributed by atoms with E-state index < -0.39 is 50.7 Å². The van der Waals surface area contributed by atoms with Crippen molar-refractivity contribution in [3.05, 3.63) is 59.9 Å². The van der Waals surface area contributed by atoms with Gasteiger partial charge >= 0.3 is 18.3 Å². The molecule has 0 aromatic heterocycles. The van der Waals surface area contributed by atoms with E-state index in [9.17, 15) is 35.6 Å². The molecule has 3 amide bonds. The Morgan fingerprint density at radius 2 is 1.77 bits per heavy atom. The molecule has 0 radical (unpaired) electrons. The lowest BCUT2D eigenvalue weighted by molar-refractivity contribution is -0.140. The lowest BCUT2D eigenvalue weighted by Crippen LogP contribution is -2.46. The molecule has 222 valence electrons. The summed E-state index contributed by atoms with van der Waals surface area (Å²) in [6.07, 6.45) is -6.25. The van der Waals surface area contributed by atoms with E-state index in [1.165, 1.54) is 12.0 Å². The van der Waals surface area contributed by atoms with Gasteiger partial charge in [-0.3, -0.25) is 5.32 Å². The quantitative estimate of drug-likeness (QED) is 0.223. The van der Waals surface area contributed by atoms with Gasteiger partial charge in [0.2, 0.25) is 10.0 Å². The first-order chi connectivity index (χ1) is 18.9. The van der Waals surface area contributed by atoms with Crippen molar-refractivity contribution in [3.8, 4) is 0 Å². The summed E-state index contributed by atoms with van der Waals surface area (Å²) in [4.78, 5) is 25.2. The summed E-state index contributed by atoms with van der Waals surface area (Å²) < 4.78 is 90.6. The number of carbonyl (C=O) groups excluding carboxylic acids is 2. The van der Waals surface area contributed by atoms with Crippen molar-refractivity contribution < 1.29 is 45.0 Å². The predicted octanol–water partition coefficient (Wildman–Crippen LogP) is 4.20. The highest BCUT2D eigenvalue weighted by molar-refractivity contribution is 7.89. The Bertz CT molecular complexity index is 1220. The maximum Gasteiger partial charge on any atom is 0.417 e. The fraction of sp³-hybridized carbons (Fsp3) is 0.440. The predicted molar refractivity (Wildman–Crippen MR) is 139 cm³/mol. The fourth-order valence-corrected chi connectivity index (χ4v) is 4.86. The van der Waals surface area contributed by atoms with E-state index in [4.69, 9.17) is 9.47 Å². The van der Waals surface area contributed by atoms with Crippen molar-refractivity contribution in [2.75, 3.05) is 45.2 Å². The van der Waals surface area contributed by atoms with E-state index in [1.54, 1.807) is 37.3 Å². The number of amides is 3. The molecule has 0 aliphatic carbocycles. The van der Waals surface area contributed by atoms with E-state index >= 15 is 0 Å². The second-order valence-corrected chi connectivity index (χ2v) is 10.2. The number of unbranched alkanes of at least 4 members (excludes halogenated alkanes) is 1. The van der Waals surface area contributed by atoms with Gasteiger partial charge in [-0.2, -0.15) is 13.2 Å². The number of benzene rings is 2. The summed E-state index contributed by atoms with van der Waals surface area (Å²) in [7, 11) is -3.19. The number of methoxy groups -OCH3 is 1. The minimum absolute atomic E-state index is 0.0167. The number of sulfonamides is 1. The van der Waals surface area contributed by atoms with Crippen LogP contribution in [0.1, 0.15) is 25.3 Å². The lowest BCUT2D eigenvalue weighted by atomic mass is 10.2. The minimum atomic E-state index is -5.07. The number of rotatable bonds is 14. The first kappa shape index (κ1) is 32.8. The van der Waals surface area contributed by atoms with Gasteiger partial charge in [0.15, 0.2) is 0 Å². The summed E-state index contributed by atoms with van der Waals surface area (Å²) in [6, 6.07) is 9.43. The Labute approximate surface area is 230 Å². The molecule has 3 N–H and O–H groups in total. The van der Waals surface area contributed by atoms with Crippen molar-refractivity contribution in [1.29, 1.82) is 0 Å². The van der Waals surface area contributed by atoms with Crippen molar-refractivity contribution in [2.45, 2.75) is 36.9 Å². The third kappa shape index (κ3) is 10.6. The van der Waals surface area contributed by atoms with Crippen LogP contribution in [-0.2, 0) is 25.7 Å². The van der Waals surface area contributed by atoms with E-state index in [2.05, 4.69) is 15.4 Å². The smallest absolute Gasteiger partial charge is 0.417 e. The summed E-state index contributed by atoms with van der Waals surface area (Å²) in [5.41, 5.74) is -1.10. The van der Waals surface area contributed by atoms with Gasteiger partial charge in [0.05, 0.1) is 23.6 Å². The zero-order valence-corrected chi connectivity index (χ0v) is 22.8. The summed E-state index contributed by atoms with van der Waals surface area (Å²) >= 11 is 0. The molecule has 15 heteroatoms. The first-order valence-corrected chi connectivity index (χ1v) is 13.8. The Hall–Kier alpha value is -3.43. The molecule has 10 nitrogen and oxygen atoms in total. The summed E-state index contributed by atoms with van der Waals surface area (Å²) in [6.45, 7) is 1.85. The second kappa shape index (κ2) is 15.4. The van der Waals surface area contributed by atoms with Crippen LogP contribution >= 0.6 is 0 Å². The number of alkyl halides is 3. The number of halogens is 4. The normalized spacial score (nSPS) is 12.4. The zero-order chi connectivity index (χ0) is 29.8. The number of hydrogen-bond donors (Lipinski definition) is 3. The standard InChI is InChI=1S/C25H32F4N4O6S/c1-3-30-23(34)33(16-20(17-38-2)39-24(35)32-19-9-5-4-6-10-19)14-8-7-13-31-40(36,37)22-12-11-18(26)15-21(22)25(27,28)29/h4-6,9-12,15,20,31H,3,7-8,13-14,16-17H2,1-2H3,(H,30,34)(H,32,35). The maximum atomic E-state index is 13.3. The molecule has 0 aliphatic rings. The van der Waals surface area contributed by atoms with Gasteiger partial charge in [-0.25, -0.2) is 27.1 Å². The van der Waals surface area contributed by atoms with Crippen LogP contribution in [0.2, 0.25) is 0 Å². The van der Waals surface area contributed by atoms with Gasteiger partial charge in [-0.15, -0.1) is 0 Å². The molecular weight excluding hydrogens is 560 g/mol. The minimum Gasteiger partial charge on any atom is -0.442 e. The molecular formula is C25H32F4N4O6S. The molecule has 0 aliphatic heterocycles. The van der Waals surface area contributed by atoms with Crippen LogP contribution in [0.15, 0.2) is 53.4 Å². The van der Waals surface area contributed by atoms with E-state index in [0.29, 0.717) is 24.4 Å². The molecule has 1 atom stereocenters. The number of para-hydroxylation sites is 1. The third-order valence-electron chi connectivity index (χ3n) is 5.37. The molecule has 1 unspecified atom stereocenters. The van der Waals surface area contributed by atoms with Gasteiger partial charge in [0, 0.05) is 32.4 Å². The lowest BCUT2D eigenvalue weighted by Gasteiger charge is -2.27. The number of hydrogen-bond acceptors (Lipinski definition) is 6. The largest absolute Gasteiger partial charge is 0.442 e. The average Bonchev–Trinajstić information content (AvgIpc) is 2.87. The highest BCUT2D eigenvalue weighted by atomic mass is 32.2. The Kier molecular flexibility index (Phi) is 12.6. The molecule has 2 aromatic rings. The fourth-order valence-electron chi connectivity index (χ4n) is 3.58. The van der Waals surface area contributed by atoms with Crippen molar-refractivity contribution in [1.82, 2.24) is 14.9 Å². The van der Waals surface area contributed by atoms with Crippen LogP contribution in [0.5, 0.6) is 0 Å². The highest BCUT2D eigenvalue weighted by Crippen LogP contribution is 2.34. The van der Waals surface area contributed by atoms with Crippen molar-refractivity contribution >= 4 is 27.8 Å². The van der Waals surface area contributed by atoms with E-state index in [0.717, 1.165) is 0 Å². The topological polar surface area (TPSA) is 126 Å². The highest BCUT2D eigenvalue weighted by Gasteiger charge is 2.37. The number of nitrogens with one attached hydrogen (secondary N) is 3. The van der Waals surface area contributed by atoms with Crippen LogP contribution in [0, 0.1) is 5.82 Å². The van der Waals surface area contributed by atoms with Gasteiger partial charge in [-0.1, -0.05) is 18.2 Å². The second-order valence-electron chi connectivity index (χ2n) is 8.50. The van der Waals surface area contributed by atoms with E-state index in [-0.39, 0.29) is 45.1 Å². The monoisotopic (exact) mass is 592 g/mol. The molecule has 2 rings (SSSR count). The summed E-state index contributed by atoms with van der Waals surface area (Å²) in [5.74, 6) is -1.22. The Morgan fingerprint density at radius 3 is 2.40 bits per heavy atom. The molecule has 0 saturated carbocycles. The SMILES string of the molecule is CCNC(=O)N(CCCCNS(=O)(=O)c1ccc(F)cc1C(F)(F)F)CC(COC)OC(=O)Nc1ccccc1. The van der Waals surface area contributed by atoms with Crippen molar-refractivity contribution in [3.63, 3.8) is 0 Å². The van der Waals surface area contributed by atoms with E-state index in [1.807, 2.05) is 0 Å². The average molecular weight is 593 g/mol. The van der Waals surface area contributed by atoms with Gasteiger partial charge in [0.1, 0.15) is 11.9 Å². The van der Waals surface area contributed by atoms with Crippen LogP contribution in [0.4, 0.5) is 32.8 Å². The van der Waals surface area contributed by atoms with Gasteiger partial charge < -0.3 is 19.7 Å². The Morgan fingerprint density at radius 1 is 1.07 bits per heavy atom. The van der Waals surface area contributed by atoms with Gasteiger partial charge in [-0.05, 0) is 50.1 Å². The van der Waals surface area contributed by atoms with Crippen LogP contribution in [0.25, 0.3) is 0 Å². The van der Waals surface area contributed by atoms with Crippen LogP contribution in [0.3, 0.4) is 0 Å². The number of nitrogens with zero attached hydrogens (tertiary/aromatic N) is 1. The molecule has 0 saturated heterocycles. The number of anilines is 1. The first-order valence-electron chi connectivity index (χ1n) is 12.3. The van der Waals surface area contributed by atoms with Crippen LogP contribution < -0.4 is 15.4 Å². The zero-order valence-electron chi connectivity index (χ0n) is 22.0. The van der Waals surface area contributed by atoms with Gasteiger partial charge in [0.25, 0.3) is 0 Å². The molecule has 0 bridgehead atoms. The third-order valence-corrected chi connectivity index (χ3v) is 6.89. The van der Waals surface area contributed by atoms with Crippen LogP contribution in [-0.4, -0.2) is 71.4 Å². The molecule has 0 fully saturated rings. The number of ether oxygens (including phenoxy) is 2.